The highest BCUT2D eigenvalue weighted by molar-refractivity contribution is 6.05. The van der Waals surface area contributed by atoms with Crippen LogP contribution in [0.3, 0.4) is 0 Å². The van der Waals surface area contributed by atoms with Crippen LogP contribution in [0.15, 0.2) is 18.2 Å². The minimum absolute atomic E-state index is 0.121. The highest BCUT2D eigenvalue weighted by atomic mass is 16.2. The van der Waals surface area contributed by atoms with Crippen molar-refractivity contribution in [3.8, 4) is 0 Å². The Morgan fingerprint density at radius 1 is 1.28 bits per heavy atom. The molecular formula is C13H15N3O2. The molecule has 94 valence electrons. The van der Waals surface area contributed by atoms with Crippen LogP contribution < -0.4 is 5.32 Å². The van der Waals surface area contributed by atoms with Crippen LogP contribution in [0, 0.1) is 18.8 Å². The van der Waals surface area contributed by atoms with Crippen LogP contribution in [0.25, 0.3) is 0 Å². The molecule has 2 aliphatic rings. The molecule has 3 rings (SSSR count). The van der Waals surface area contributed by atoms with E-state index in [1.54, 1.807) is 0 Å². The molecule has 18 heavy (non-hydrogen) atoms. The number of likely N-dealkylation sites (tertiary alicyclic amines) is 1. The fourth-order valence-corrected chi connectivity index (χ4v) is 2.77. The van der Waals surface area contributed by atoms with E-state index in [0.717, 1.165) is 11.4 Å². The second kappa shape index (κ2) is 4.17. The Hall–Kier alpha value is -1.75. The lowest BCUT2D eigenvalue weighted by Crippen LogP contribution is -2.31. The number of hydrogen-bond acceptors (Lipinski definition) is 4. The lowest BCUT2D eigenvalue weighted by Gasteiger charge is -2.15. The molecule has 2 saturated heterocycles. The van der Waals surface area contributed by atoms with E-state index >= 15 is 0 Å². The number of pyridine rings is 1. The zero-order valence-electron chi connectivity index (χ0n) is 10.2. The minimum atomic E-state index is -0.165. The van der Waals surface area contributed by atoms with Gasteiger partial charge in [0.05, 0.1) is 17.5 Å². The first-order chi connectivity index (χ1) is 8.63. The summed E-state index contributed by atoms with van der Waals surface area (Å²) in [6.45, 7) is 3.96. The molecule has 1 N–H and O–H groups in total. The fraction of sp³-hybridized carbons (Fsp3) is 0.462. The van der Waals surface area contributed by atoms with Gasteiger partial charge in [0.15, 0.2) is 0 Å². The van der Waals surface area contributed by atoms with Crippen LogP contribution in [0.2, 0.25) is 0 Å². The summed E-state index contributed by atoms with van der Waals surface area (Å²) in [4.78, 5) is 29.7. The number of nitrogens with zero attached hydrogens (tertiary/aromatic N) is 2. The van der Waals surface area contributed by atoms with Gasteiger partial charge in [0.25, 0.3) is 0 Å². The summed E-state index contributed by atoms with van der Waals surface area (Å²) in [6, 6.07) is 5.91. The van der Waals surface area contributed by atoms with Gasteiger partial charge in [-0.15, -0.1) is 0 Å². The Morgan fingerprint density at radius 3 is 2.56 bits per heavy atom. The second-order valence-electron chi connectivity index (χ2n) is 5.03. The lowest BCUT2D eigenvalue weighted by molar-refractivity contribution is -0.126. The molecule has 1 aromatic heterocycles. The van der Waals surface area contributed by atoms with Crippen LogP contribution in [0.1, 0.15) is 11.4 Å². The molecule has 5 heteroatoms. The number of hydrogen-bond donors (Lipinski definition) is 1. The van der Waals surface area contributed by atoms with E-state index in [1.807, 2.05) is 25.1 Å². The van der Waals surface area contributed by atoms with Gasteiger partial charge in [-0.2, -0.15) is 0 Å². The molecule has 1 aromatic rings. The molecule has 0 unspecified atom stereocenters. The van der Waals surface area contributed by atoms with Crippen molar-refractivity contribution < 1.29 is 9.59 Å². The predicted molar refractivity (Wildman–Crippen MR) is 64.4 cm³/mol. The first-order valence-electron chi connectivity index (χ1n) is 6.13. The van der Waals surface area contributed by atoms with Crippen molar-refractivity contribution in [1.29, 1.82) is 0 Å². The maximum Gasteiger partial charge on any atom is 0.231 e. The van der Waals surface area contributed by atoms with E-state index in [-0.39, 0.29) is 23.7 Å². The molecule has 0 radical (unpaired) electrons. The number of amides is 2. The van der Waals surface area contributed by atoms with Crippen molar-refractivity contribution in [2.24, 2.45) is 11.8 Å². The molecule has 3 heterocycles. The van der Waals surface area contributed by atoms with Crippen molar-refractivity contribution in [3.63, 3.8) is 0 Å². The summed E-state index contributed by atoms with van der Waals surface area (Å²) in [5, 5.41) is 2.39. The Balaban J connectivity index is 1.70. The highest BCUT2D eigenvalue weighted by Gasteiger charge is 2.47. The van der Waals surface area contributed by atoms with Crippen molar-refractivity contribution in [2.45, 2.75) is 13.5 Å². The fourth-order valence-electron chi connectivity index (χ4n) is 2.77. The normalized spacial score (nSPS) is 27.4. The number of carbonyl (C=O) groups is 2. The molecular weight excluding hydrogens is 230 g/mol. The summed E-state index contributed by atoms with van der Waals surface area (Å²) in [5.41, 5.74) is 1.98. The number of nitrogens with one attached hydrogen (secondary N) is 1. The monoisotopic (exact) mass is 245 g/mol. The van der Waals surface area contributed by atoms with Crippen molar-refractivity contribution in [1.82, 2.24) is 15.2 Å². The third-order valence-corrected chi connectivity index (χ3v) is 3.65. The van der Waals surface area contributed by atoms with Gasteiger partial charge in [-0.25, -0.2) is 0 Å². The van der Waals surface area contributed by atoms with Gasteiger partial charge in [-0.1, -0.05) is 6.07 Å². The van der Waals surface area contributed by atoms with Crippen LogP contribution in [-0.2, 0) is 16.1 Å². The minimum Gasteiger partial charge on any atom is -0.296 e. The molecule has 0 aromatic carbocycles. The summed E-state index contributed by atoms with van der Waals surface area (Å²) >= 11 is 0. The van der Waals surface area contributed by atoms with Gasteiger partial charge >= 0.3 is 0 Å². The standard InChI is InChI=1S/C13H15N3O2/c1-8-3-2-4-9(14-8)5-16-6-10-11(7-16)13(18)15-12(10)17/h2-4,10-11H,5-7H2,1H3,(H,15,17,18)/t10-,11+. The van der Waals surface area contributed by atoms with Gasteiger partial charge in [0.1, 0.15) is 0 Å². The topological polar surface area (TPSA) is 62.3 Å². The Labute approximate surface area is 105 Å². The summed E-state index contributed by atoms with van der Waals surface area (Å²) in [5.74, 6) is -0.570. The van der Waals surface area contributed by atoms with Gasteiger partial charge in [0, 0.05) is 25.3 Å². The van der Waals surface area contributed by atoms with E-state index in [2.05, 4.69) is 15.2 Å². The molecule has 0 saturated carbocycles. The smallest absolute Gasteiger partial charge is 0.231 e. The quantitative estimate of drug-likeness (QED) is 0.750. The van der Waals surface area contributed by atoms with Crippen molar-refractivity contribution in [3.05, 3.63) is 29.6 Å². The Bertz CT molecular complexity index is 493. The van der Waals surface area contributed by atoms with Gasteiger partial charge in [-0.3, -0.25) is 24.8 Å². The predicted octanol–water partition coefficient (Wildman–Crippen LogP) is 0.0944. The first kappa shape index (κ1) is 11.3. The molecule has 0 aliphatic carbocycles. The maximum absolute atomic E-state index is 11.5. The number of imide groups is 1. The van der Waals surface area contributed by atoms with Gasteiger partial charge in [-0.05, 0) is 19.1 Å². The average Bonchev–Trinajstić information content (AvgIpc) is 2.82. The lowest BCUT2D eigenvalue weighted by atomic mass is 10.00. The first-order valence-corrected chi connectivity index (χ1v) is 6.13. The van der Waals surface area contributed by atoms with E-state index < -0.39 is 0 Å². The Kier molecular flexibility index (Phi) is 2.63. The zero-order chi connectivity index (χ0) is 12.7. The number of aromatic nitrogens is 1. The molecule has 2 fully saturated rings. The number of aryl methyl sites for hydroxylation is 1. The zero-order valence-corrected chi connectivity index (χ0v) is 10.2. The number of fused-ring (bicyclic) bond motifs is 1. The SMILES string of the molecule is Cc1cccc(CN2C[C@@H]3C(=O)NC(=O)[C@@H]3C2)n1. The highest BCUT2D eigenvalue weighted by Crippen LogP contribution is 2.28. The van der Waals surface area contributed by atoms with Crippen LogP contribution in [-0.4, -0.2) is 34.8 Å². The molecule has 2 amide bonds. The molecule has 2 aliphatic heterocycles. The maximum atomic E-state index is 11.5. The molecule has 0 spiro atoms. The average molecular weight is 245 g/mol. The third kappa shape index (κ3) is 1.90. The number of carbonyl (C=O) groups excluding carboxylic acids is 2. The third-order valence-electron chi connectivity index (χ3n) is 3.65. The van der Waals surface area contributed by atoms with E-state index in [1.165, 1.54) is 0 Å². The molecule has 2 atom stereocenters. The van der Waals surface area contributed by atoms with E-state index in [4.69, 9.17) is 0 Å². The van der Waals surface area contributed by atoms with E-state index in [0.29, 0.717) is 19.6 Å². The largest absolute Gasteiger partial charge is 0.296 e. The van der Waals surface area contributed by atoms with Crippen LogP contribution >= 0.6 is 0 Å². The van der Waals surface area contributed by atoms with Gasteiger partial charge in [0.2, 0.25) is 11.8 Å². The Morgan fingerprint density at radius 2 is 1.94 bits per heavy atom. The summed E-state index contributed by atoms with van der Waals surface area (Å²) in [6.07, 6.45) is 0. The summed E-state index contributed by atoms with van der Waals surface area (Å²) < 4.78 is 0. The van der Waals surface area contributed by atoms with Crippen molar-refractivity contribution in [2.75, 3.05) is 13.1 Å². The van der Waals surface area contributed by atoms with Crippen LogP contribution in [0.4, 0.5) is 0 Å². The summed E-state index contributed by atoms with van der Waals surface area (Å²) in [7, 11) is 0. The van der Waals surface area contributed by atoms with Crippen LogP contribution in [0.5, 0.6) is 0 Å². The second-order valence-corrected chi connectivity index (χ2v) is 5.03. The molecule has 5 nitrogen and oxygen atoms in total. The molecule has 0 bridgehead atoms. The van der Waals surface area contributed by atoms with Crippen molar-refractivity contribution >= 4 is 11.8 Å². The van der Waals surface area contributed by atoms with Gasteiger partial charge < -0.3 is 0 Å². The van der Waals surface area contributed by atoms with E-state index in [9.17, 15) is 9.59 Å². The number of rotatable bonds is 2.